The normalized spacial score (nSPS) is 10.5. The molecule has 8 heteroatoms. The van der Waals surface area contributed by atoms with Crippen LogP contribution >= 0.6 is 23.2 Å². The second-order valence-electron chi connectivity index (χ2n) is 4.21. The standard InChI is InChI=1S/C14H8Cl2N4O2/c15-8-4-5-10(16)9(7-8)12(21)18-14-20-19-13(22-14)11-3-1-2-6-17-11/h1-7H,(H,18,20,21). The number of benzene rings is 1. The van der Waals surface area contributed by atoms with Crippen molar-refractivity contribution in [3.05, 3.63) is 58.2 Å². The molecule has 0 bridgehead atoms. The lowest BCUT2D eigenvalue weighted by molar-refractivity contribution is 0.102. The van der Waals surface area contributed by atoms with Gasteiger partial charge in [0.15, 0.2) is 0 Å². The van der Waals surface area contributed by atoms with E-state index in [0.717, 1.165) is 0 Å². The Morgan fingerprint density at radius 1 is 1.14 bits per heavy atom. The van der Waals surface area contributed by atoms with Gasteiger partial charge in [0.25, 0.3) is 11.8 Å². The van der Waals surface area contributed by atoms with Crippen molar-refractivity contribution >= 4 is 35.1 Å². The fraction of sp³-hybridized carbons (Fsp3) is 0. The number of halogens is 2. The first-order valence-electron chi connectivity index (χ1n) is 6.15. The highest BCUT2D eigenvalue weighted by atomic mass is 35.5. The average Bonchev–Trinajstić information content (AvgIpc) is 2.99. The summed E-state index contributed by atoms with van der Waals surface area (Å²) in [6.07, 6.45) is 1.60. The lowest BCUT2D eigenvalue weighted by Crippen LogP contribution is -2.12. The van der Waals surface area contributed by atoms with Crippen molar-refractivity contribution in [1.82, 2.24) is 15.2 Å². The van der Waals surface area contributed by atoms with E-state index < -0.39 is 5.91 Å². The molecular formula is C14H8Cl2N4O2. The smallest absolute Gasteiger partial charge is 0.322 e. The quantitative estimate of drug-likeness (QED) is 0.789. The SMILES string of the molecule is O=C(Nc1nnc(-c2ccccn2)o1)c1cc(Cl)ccc1Cl. The predicted molar refractivity (Wildman–Crippen MR) is 81.9 cm³/mol. The molecule has 0 saturated heterocycles. The first kappa shape index (κ1) is 14.5. The zero-order chi connectivity index (χ0) is 15.5. The lowest BCUT2D eigenvalue weighted by atomic mass is 10.2. The maximum atomic E-state index is 12.1. The third kappa shape index (κ3) is 3.08. The molecule has 3 rings (SSSR count). The Bertz CT molecular complexity index is 821. The van der Waals surface area contributed by atoms with Crippen molar-refractivity contribution in [2.75, 3.05) is 5.32 Å². The summed E-state index contributed by atoms with van der Waals surface area (Å²) in [5, 5.41) is 10.7. The monoisotopic (exact) mass is 334 g/mol. The number of carbonyl (C=O) groups excluding carboxylic acids is 1. The number of hydrogen-bond donors (Lipinski definition) is 1. The first-order valence-corrected chi connectivity index (χ1v) is 6.90. The van der Waals surface area contributed by atoms with E-state index in [0.29, 0.717) is 10.7 Å². The highest BCUT2D eigenvalue weighted by Crippen LogP contribution is 2.22. The third-order valence-corrected chi connectivity index (χ3v) is 3.27. The van der Waals surface area contributed by atoms with Gasteiger partial charge in [-0.05, 0) is 30.3 Å². The van der Waals surface area contributed by atoms with Gasteiger partial charge in [0.2, 0.25) is 0 Å². The Morgan fingerprint density at radius 2 is 2.00 bits per heavy atom. The molecule has 22 heavy (non-hydrogen) atoms. The van der Waals surface area contributed by atoms with Gasteiger partial charge in [0, 0.05) is 11.2 Å². The Morgan fingerprint density at radius 3 is 2.77 bits per heavy atom. The molecule has 0 radical (unpaired) electrons. The summed E-state index contributed by atoms with van der Waals surface area (Å²) in [5.74, 6) is -0.295. The van der Waals surface area contributed by atoms with Crippen LogP contribution in [0, 0.1) is 0 Å². The molecule has 0 saturated carbocycles. The van der Waals surface area contributed by atoms with E-state index in [4.69, 9.17) is 27.6 Å². The molecule has 1 aromatic carbocycles. The number of aromatic nitrogens is 3. The highest BCUT2D eigenvalue weighted by molar-refractivity contribution is 6.36. The van der Waals surface area contributed by atoms with Crippen LogP contribution in [0.4, 0.5) is 6.01 Å². The van der Waals surface area contributed by atoms with E-state index in [1.54, 1.807) is 30.5 Å². The Balaban J connectivity index is 1.81. The summed E-state index contributed by atoms with van der Waals surface area (Å²) in [7, 11) is 0. The molecule has 110 valence electrons. The maximum Gasteiger partial charge on any atom is 0.322 e. The minimum Gasteiger partial charge on any atom is -0.401 e. The van der Waals surface area contributed by atoms with Crippen LogP contribution in [0.25, 0.3) is 11.6 Å². The van der Waals surface area contributed by atoms with Gasteiger partial charge >= 0.3 is 6.01 Å². The van der Waals surface area contributed by atoms with Gasteiger partial charge in [0.1, 0.15) is 5.69 Å². The van der Waals surface area contributed by atoms with E-state index in [2.05, 4.69) is 20.5 Å². The van der Waals surface area contributed by atoms with Crippen molar-refractivity contribution < 1.29 is 9.21 Å². The van der Waals surface area contributed by atoms with Crippen LogP contribution in [0.5, 0.6) is 0 Å². The van der Waals surface area contributed by atoms with Crippen LogP contribution in [-0.4, -0.2) is 21.1 Å². The van der Waals surface area contributed by atoms with E-state index in [1.807, 2.05) is 0 Å². The van der Waals surface area contributed by atoms with Gasteiger partial charge in [-0.2, -0.15) is 0 Å². The van der Waals surface area contributed by atoms with Gasteiger partial charge in [-0.25, -0.2) is 0 Å². The molecule has 2 aromatic heterocycles. The van der Waals surface area contributed by atoms with Crippen LogP contribution in [0.2, 0.25) is 10.0 Å². The topological polar surface area (TPSA) is 80.9 Å². The van der Waals surface area contributed by atoms with Crippen molar-refractivity contribution in [2.45, 2.75) is 0 Å². The van der Waals surface area contributed by atoms with E-state index in [9.17, 15) is 4.79 Å². The number of nitrogens with zero attached hydrogens (tertiary/aromatic N) is 3. The third-order valence-electron chi connectivity index (χ3n) is 2.70. The van der Waals surface area contributed by atoms with Crippen LogP contribution < -0.4 is 5.32 Å². The summed E-state index contributed by atoms with van der Waals surface area (Å²) in [5.41, 5.74) is 0.725. The Labute approximate surface area is 135 Å². The fourth-order valence-electron chi connectivity index (χ4n) is 1.70. The zero-order valence-electron chi connectivity index (χ0n) is 11.0. The van der Waals surface area contributed by atoms with E-state index in [-0.39, 0.29) is 22.5 Å². The summed E-state index contributed by atoms with van der Waals surface area (Å²) in [6.45, 7) is 0. The molecule has 0 aliphatic rings. The first-order chi connectivity index (χ1) is 10.6. The van der Waals surface area contributed by atoms with Crippen LogP contribution in [0.15, 0.2) is 47.0 Å². The van der Waals surface area contributed by atoms with Crippen LogP contribution in [0.1, 0.15) is 10.4 Å². The molecule has 0 atom stereocenters. The largest absolute Gasteiger partial charge is 0.401 e. The second-order valence-corrected chi connectivity index (χ2v) is 5.05. The molecule has 6 nitrogen and oxygen atoms in total. The summed E-state index contributed by atoms with van der Waals surface area (Å²) < 4.78 is 5.34. The van der Waals surface area contributed by atoms with Gasteiger partial charge in [-0.1, -0.05) is 34.4 Å². The molecule has 1 N–H and O–H groups in total. The molecule has 0 aliphatic carbocycles. The van der Waals surface area contributed by atoms with Crippen LogP contribution in [-0.2, 0) is 0 Å². The highest BCUT2D eigenvalue weighted by Gasteiger charge is 2.15. The van der Waals surface area contributed by atoms with Gasteiger partial charge in [-0.3, -0.25) is 15.1 Å². The minimum atomic E-state index is -0.497. The number of hydrogen-bond acceptors (Lipinski definition) is 5. The minimum absolute atomic E-state index is 0.0540. The lowest BCUT2D eigenvalue weighted by Gasteiger charge is -2.03. The predicted octanol–water partition coefficient (Wildman–Crippen LogP) is 3.69. The molecule has 0 fully saturated rings. The second kappa shape index (κ2) is 6.13. The molecule has 0 spiro atoms. The number of amides is 1. The molecule has 0 aliphatic heterocycles. The number of carbonyl (C=O) groups is 1. The number of anilines is 1. The fourth-order valence-corrected chi connectivity index (χ4v) is 2.08. The van der Waals surface area contributed by atoms with Crippen LogP contribution in [0.3, 0.4) is 0 Å². The average molecular weight is 335 g/mol. The molecule has 0 unspecified atom stereocenters. The van der Waals surface area contributed by atoms with E-state index >= 15 is 0 Å². The van der Waals surface area contributed by atoms with Gasteiger partial charge < -0.3 is 4.42 Å². The Kier molecular flexibility index (Phi) is 4.04. The summed E-state index contributed by atoms with van der Waals surface area (Å²) >= 11 is 11.8. The van der Waals surface area contributed by atoms with Gasteiger partial charge in [-0.15, -0.1) is 5.10 Å². The maximum absolute atomic E-state index is 12.1. The summed E-state index contributed by atoms with van der Waals surface area (Å²) in [4.78, 5) is 16.2. The molecule has 3 aromatic rings. The summed E-state index contributed by atoms with van der Waals surface area (Å²) in [6, 6.07) is 9.79. The molecule has 1 amide bonds. The number of pyridine rings is 1. The van der Waals surface area contributed by atoms with E-state index in [1.165, 1.54) is 12.1 Å². The van der Waals surface area contributed by atoms with Crippen molar-refractivity contribution in [2.24, 2.45) is 0 Å². The van der Waals surface area contributed by atoms with Gasteiger partial charge in [0.05, 0.1) is 10.6 Å². The number of nitrogens with one attached hydrogen (secondary N) is 1. The van der Waals surface area contributed by atoms with Crippen molar-refractivity contribution in [3.8, 4) is 11.6 Å². The molecular weight excluding hydrogens is 327 g/mol. The zero-order valence-corrected chi connectivity index (χ0v) is 12.5. The number of rotatable bonds is 3. The molecule has 2 heterocycles. The Hall–Kier alpha value is -2.44. The van der Waals surface area contributed by atoms with Crippen molar-refractivity contribution in [3.63, 3.8) is 0 Å². The van der Waals surface area contributed by atoms with Crippen molar-refractivity contribution in [1.29, 1.82) is 0 Å².